The smallest absolute Gasteiger partial charge is 0.269 e. The molecule has 0 fully saturated rings. The van der Waals surface area contributed by atoms with E-state index in [1.165, 1.54) is 19.2 Å². The summed E-state index contributed by atoms with van der Waals surface area (Å²) in [6.07, 6.45) is 0. The minimum Gasteiger partial charge on any atom is -0.497 e. The van der Waals surface area contributed by atoms with E-state index in [1.807, 2.05) is 0 Å². The van der Waals surface area contributed by atoms with Crippen LogP contribution in [-0.2, 0) is 0 Å². The van der Waals surface area contributed by atoms with Gasteiger partial charge in [-0.25, -0.2) is 0 Å². The highest BCUT2D eigenvalue weighted by molar-refractivity contribution is 6.10. The SMILES string of the molecule is COc1ccc(C(=NN)Nc2ccc([N+](=O)[O-])cc2)c(OC)c1. The van der Waals surface area contributed by atoms with E-state index in [0.717, 1.165) is 0 Å². The molecule has 0 aliphatic heterocycles. The summed E-state index contributed by atoms with van der Waals surface area (Å²) in [5, 5.41) is 17.4. The predicted molar refractivity (Wildman–Crippen MR) is 87.0 cm³/mol. The van der Waals surface area contributed by atoms with Crippen LogP contribution in [0.3, 0.4) is 0 Å². The maximum Gasteiger partial charge on any atom is 0.269 e. The average molecular weight is 316 g/mol. The first-order valence-corrected chi connectivity index (χ1v) is 6.60. The zero-order valence-corrected chi connectivity index (χ0v) is 12.6. The van der Waals surface area contributed by atoms with E-state index in [2.05, 4.69) is 10.4 Å². The van der Waals surface area contributed by atoms with Gasteiger partial charge >= 0.3 is 0 Å². The quantitative estimate of drug-likeness (QED) is 0.288. The van der Waals surface area contributed by atoms with E-state index < -0.39 is 4.92 Å². The standard InChI is InChI=1S/C15H16N4O4/c1-22-12-7-8-13(14(9-12)23-2)15(18-16)17-10-3-5-11(6-4-10)19(20)21/h3-9H,16H2,1-2H3,(H,17,18). The monoisotopic (exact) mass is 316 g/mol. The number of amidine groups is 1. The van der Waals surface area contributed by atoms with Gasteiger partial charge in [-0.3, -0.25) is 10.1 Å². The van der Waals surface area contributed by atoms with Crippen molar-refractivity contribution in [2.75, 3.05) is 19.5 Å². The molecule has 0 atom stereocenters. The molecule has 0 spiro atoms. The van der Waals surface area contributed by atoms with Crippen molar-refractivity contribution in [2.45, 2.75) is 0 Å². The van der Waals surface area contributed by atoms with E-state index in [9.17, 15) is 10.1 Å². The van der Waals surface area contributed by atoms with Crippen molar-refractivity contribution in [2.24, 2.45) is 10.9 Å². The fourth-order valence-corrected chi connectivity index (χ4v) is 1.97. The molecule has 3 N–H and O–H groups in total. The van der Waals surface area contributed by atoms with Gasteiger partial charge in [-0.2, -0.15) is 5.10 Å². The van der Waals surface area contributed by atoms with Crippen LogP contribution in [0.15, 0.2) is 47.6 Å². The molecule has 0 aliphatic carbocycles. The Bertz CT molecular complexity index is 729. The first-order chi connectivity index (χ1) is 11.1. The summed E-state index contributed by atoms with van der Waals surface area (Å²) in [6.45, 7) is 0. The lowest BCUT2D eigenvalue weighted by atomic mass is 10.1. The zero-order chi connectivity index (χ0) is 16.8. The number of hydrogen-bond acceptors (Lipinski definition) is 6. The fourth-order valence-electron chi connectivity index (χ4n) is 1.97. The van der Waals surface area contributed by atoms with Crippen molar-refractivity contribution in [1.82, 2.24) is 0 Å². The predicted octanol–water partition coefficient (Wildman–Crippen LogP) is 2.34. The van der Waals surface area contributed by atoms with Gasteiger partial charge in [-0.1, -0.05) is 0 Å². The third-order valence-corrected chi connectivity index (χ3v) is 3.13. The summed E-state index contributed by atoms with van der Waals surface area (Å²) in [5.41, 5.74) is 1.25. The first-order valence-electron chi connectivity index (χ1n) is 6.60. The molecule has 0 aromatic heterocycles. The van der Waals surface area contributed by atoms with Crippen molar-refractivity contribution in [3.8, 4) is 11.5 Å². The lowest BCUT2D eigenvalue weighted by Gasteiger charge is -2.13. The van der Waals surface area contributed by atoms with Gasteiger partial charge in [0.1, 0.15) is 11.5 Å². The highest BCUT2D eigenvalue weighted by Crippen LogP contribution is 2.26. The number of hydrazone groups is 1. The summed E-state index contributed by atoms with van der Waals surface area (Å²) in [4.78, 5) is 10.2. The van der Waals surface area contributed by atoms with Gasteiger partial charge in [-0.15, -0.1) is 0 Å². The van der Waals surface area contributed by atoms with Crippen LogP contribution in [0.25, 0.3) is 0 Å². The van der Waals surface area contributed by atoms with Crippen LogP contribution in [0.1, 0.15) is 5.56 Å². The second-order valence-corrected chi connectivity index (χ2v) is 4.47. The van der Waals surface area contributed by atoms with Gasteiger partial charge in [0.25, 0.3) is 5.69 Å². The number of nitro benzene ring substituents is 1. The lowest BCUT2D eigenvalue weighted by Crippen LogP contribution is -2.17. The Labute approximate surface area is 132 Å². The highest BCUT2D eigenvalue weighted by Gasteiger charge is 2.13. The van der Waals surface area contributed by atoms with Gasteiger partial charge in [0.2, 0.25) is 0 Å². The Morgan fingerprint density at radius 1 is 1.17 bits per heavy atom. The fraction of sp³-hybridized carbons (Fsp3) is 0.133. The van der Waals surface area contributed by atoms with Crippen LogP contribution in [0.4, 0.5) is 11.4 Å². The van der Waals surface area contributed by atoms with Crippen LogP contribution < -0.4 is 20.6 Å². The lowest BCUT2D eigenvalue weighted by molar-refractivity contribution is -0.384. The summed E-state index contributed by atoms with van der Waals surface area (Å²) in [5.74, 6) is 6.98. The van der Waals surface area contributed by atoms with Gasteiger partial charge < -0.3 is 20.6 Å². The number of ether oxygens (including phenoxy) is 2. The molecule has 2 aromatic carbocycles. The third-order valence-electron chi connectivity index (χ3n) is 3.13. The second-order valence-electron chi connectivity index (χ2n) is 4.47. The third kappa shape index (κ3) is 3.67. The maximum absolute atomic E-state index is 10.7. The molecular formula is C15H16N4O4. The summed E-state index contributed by atoms with van der Waals surface area (Å²) < 4.78 is 10.5. The number of non-ortho nitro benzene ring substituents is 1. The number of methoxy groups -OCH3 is 2. The number of benzene rings is 2. The molecule has 2 aromatic rings. The van der Waals surface area contributed by atoms with Gasteiger partial charge in [-0.05, 0) is 24.3 Å². The van der Waals surface area contributed by atoms with Crippen LogP contribution in [-0.4, -0.2) is 25.0 Å². The number of nitro groups is 1. The topological polar surface area (TPSA) is 112 Å². The van der Waals surface area contributed by atoms with E-state index in [-0.39, 0.29) is 5.69 Å². The van der Waals surface area contributed by atoms with Crippen molar-refractivity contribution >= 4 is 17.2 Å². The Morgan fingerprint density at radius 2 is 1.87 bits per heavy atom. The molecule has 23 heavy (non-hydrogen) atoms. The van der Waals surface area contributed by atoms with Crippen molar-refractivity contribution in [3.05, 3.63) is 58.1 Å². The molecule has 0 bridgehead atoms. The number of nitrogens with two attached hydrogens (primary N) is 1. The van der Waals surface area contributed by atoms with E-state index >= 15 is 0 Å². The average Bonchev–Trinajstić information content (AvgIpc) is 2.59. The molecule has 0 saturated carbocycles. The van der Waals surface area contributed by atoms with Gasteiger partial charge in [0, 0.05) is 23.9 Å². The first kappa shape index (κ1) is 16.1. The Hall–Kier alpha value is -3.29. The minimum absolute atomic E-state index is 0.00353. The molecule has 120 valence electrons. The zero-order valence-electron chi connectivity index (χ0n) is 12.6. The molecule has 0 amide bonds. The molecule has 0 saturated heterocycles. The largest absolute Gasteiger partial charge is 0.497 e. The van der Waals surface area contributed by atoms with Crippen LogP contribution >= 0.6 is 0 Å². The van der Waals surface area contributed by atoms with E-state index in [1.54, 1.807) is 37.4 Å². The van der Waals surface area contributed by atoms with Crippen molar-refractivity contribution in [1.29, 1.82) is 0 Å². The molecule has 2 rings (SSSR count). The highest BCUT2D eigenvalue weighted by atomic mass is 16.6. The minimum atomic E-state index is -0.464. The van der Waals surface area contributed by atoms with Crippen molar-refractivity contribution < 1.29 is 14.4 Å². The number of rotatable bonds is 5. The second kappa shape index (κ2) is 7.12. The maximum atomic E-state index is 10.7. The summed E-state index contributed by atoms with van der Waals surface area (Å²) >= 11 is 0. The number of nitrogens with zero attached hydrogens (tertiary/aromatic N) is 2. The Balaban J connectivity index is 2.28. The Kier molecular flexibility index (Phi) is 4.98. The molecule has 8 nitrogen and oxygen atoms in total. The molecular weight excluding hydrogens is 300 g/mol. The Morgan fingerprint density at radius 3 is 2.39 bits per heavy atom. The number of hydrogen-bond donors (Lipinski definition) is 2. The van der Waals surface area contributed by atoms with Gasteiger partial charge in [0.05, 0.1) is 24.7 Å². The summed E-state index contributed by atoms with van der Waals surface area (Å²) in [6, 6.07) is 11.1. The molecule has 8 heteroatoms. The summed E-state index contributed by atoms with van der Waals surface area (Å²) in [7, 11) is 3.08. The molecule has 0 unspecified atom stereocenters. The number of nitrogens with one attached hydrogen (secondary N) is 1. The molecule has 0 heterocycles. The normalized spacial score (nSPS) is 11.0. The number of anilines is 1. The van der Waals surface area contributed by atoms with E-state index in [0.29, 0.717) is 28.6 Å². The molecule has 0 aliphatic rings. The van der Waals surface area contributed by atoms with Crippen molar-refractivity contribution in [3.63, 3.8) is 0 Å². The van der Waals surface area contributed by atoms with Gasteiger partial charge in [0.15, 0.2) is 5.84 Å². The van der Waals surface area contributed by atoms with Crippen LogP contribution in [0.2, 0.25) is 0 Å². The van der Waals surface area contributed by atoms with E-state index in [4.69, 9.17) is 15.3 Å². The molecule has 0 radical (unpaired) electrons. The van der Waals surface area contributed by atoms with Crippen LogP contribution in [0.5, 0.6) is 11.5 Å². The van der Waals surface area contributed by atoms with Crippen LogP contribution in [0, 0.1) is 10.1 Å².